The summed E-state index contributed by atoms with van der Waals surface area (Å²) in [5, 5.41) is 9.65. The molecule has 1 aromatic carbocycles. The van der Waals surface area contributed by atoms with E-state index in [9.17, 15) is 4.79 Å². The van der Waals surface area contributed by atoms with Gasteiger partial charge in [-0.1, -0.05) is 25.1 Å². The molecule has 25 heavy (non-hydrogen) atoms. The number of carbonyl (C=O) groups is 1. The standard InChI is InChI=1S/C19H31N5O/c1-3-12-21-18(25)10-13-22-19(20-4-2)23-16-11-14-24(15-16)17-8-6-5-7-9-17/h5-9,16H,3-4,10-15H2,1-2H3,(H,21,25)(H2,20,22,23). The minimum absolute atomic E-state index is 0.0672. The number of para-hydroxylation sites is 1. The van der Waals surface area contributed by atoms with Crippen molar-refractivity contribution in [2.75, 3.05) is 37.6 Å². The molecule has 138 valence electrons. The third-order valence-electron chi connectivity index (χ3n) is 4.18. The maximum Gasteiger partial charge on any atom is 0.221 e. The van der Waals surface area contributed by atoms with E-state index in [2.05, 4.69) is 57.0 Å². The van der Waals surface area contributed by atoms with Crippen LogP contribution in [0.5, 0.6) is 0 Å². The Kier molecular flexibility index (Phi) is 8.09. The lowest BCUT2D eigenvalue weighted by atomic mass is 10.3. The molecule has 1 saturated heterocycles. The lowest BCUT2D eigenvalue weighted by Crippen LogP contribution is -2.44. The average Bonchev–Trinajstić information content (AvgIpc) is 3.09. The van der Waals surface area contributed by atoms with E-state index in [0.29, 0.717) is 19.0 Å². The van der Waals surface area contributed by atoms with Crippen LogP contribution >= 0.6 is 0 Å². The molecule has 0 spiro atoms. The molecule has 1 aliphatic heterocycles. The number of nitrogens with zero attached hydrogens (tertiary/aromatic N) is 2. The quantitative estimate of drug-likeness (QED) is 0.496. The Morgan fingerprint density at radius 1 is 1.24 bits per heavy atom. The molecule has 2 rings (SSSR count). The van der Waals surface area contributed by atoms with Gasteiger partial charge in [-0.2, -0.15) is 0 Å². The number of hydrogen-bond donors (Lipinski definition) is 3. The second kappa shape index (κ2) is 10.6. The fourth-order valence-corrected chi connectivity index (χ4v) is 2.89. The first-order valence-corrected chi connectivity index (χ1v) is 9.34. The smallest absolute Gasteiger partial charge is 0.221 e. The third-order valence-corrected chi connectivity index (χ3v) is 4.18. The molecular formula is C19H31N5O. The molecule has 1 fully saturated rings. The van der Waals surface area contributed by atoms with E-state index in [0.717, 1.165) is 45.0 Å². The second-order valence-electron chi connectivity index (χ2n) is 6.27. The summed E-state index contributed by atoms with van der Waals surface area (Å²) in [7, 11) is 0. The zero-order valence-corrected chi connectivity index (χ0v) is 15.4. The van der Waals surface area contributed by atoms with Crippen LogP contribution in [0.15, 0.2) is 35.3 Å². The summed E-state index contributed by atoms with van der Waals surface area (Å²) >= 11 is 0. The zero-order chi connectivity index (χ0) is 17.9. The van der Waals surface area contributed by atoms with Crippen LogP contribution in [-0.4, -0.2) is 50.6 Å². The normalized spacial score (nSPS) is 17.4. The molecule has 0 radical (unpaired) electrons. The van der Waals surface area contributed by atoms with Crippen LogP contribution in [0.25, 0.3) is 0 Å². The summed E-state index contributed by atoms with van der Waals surface area (Å²) in [5.41, 5.74) is 1.27. The monoisotopic (exact) mass is 345 g/mol. The number of benzene rings is 1. The van der Waals surface area contributed by atoms with Crippen molar-refractivity contribution in [3.63, 3.8) is 0 Å². The highest BCUT2D eigenvalue weighted by Gasteiger charge is 2.23. The van der Waals surface area contributed by atoms with Crippen molar-refractivity contribution in [1.82, 2.24) is 16.0 Å². The minimum Gasteiger partial charge on any atom is -0.369 e. The van der Waals surface area contributed by atoms with Gasteiger partial charge in [0.1, 0.15) is 0 Å². The van der Waals surface area contributed by atoms with Gasteiger partial charge in [0.2, 0.25) is 5.91 Å². The molecular weight excluding hydrogens is 314 g/mol. The van der Waals surface area contributed by atoms with Gasteiger partial charge in [-0.05, 0) is 31.9 Å². The van der Waals surface area contributed by atoms with Gasteiger partial charge in [-0.25, -0.2) is 0 Å². The Bertz CT molecular complexity index is 546. The van der Waals surface area contributed by atoms with E-state index in [1.165, 1.54) is 5.69 Å². The fraction of sp³-hybridized carbons (Fsp3) is 0.579. The van der Waals surface area contributed by atoms with Gasteiger partial charge >= 0.3 is 0 Å². The third kappa shape index (κ3) is 6.64. The first kappa shape index (κ1) is 19.1. The SMILES string of the molecule is CCCNC(=O)CCN=C(NCC)NC1CCN(c2ccccc2)C1. The average molecular weight is 345 g/mol. The summed E-state index contributed by atoms with van der Waals surface area (Å²) in [6, 6.07) is 10.9. The van der Waals surface area contributed by atoms with Gasteiger partial charge in [-0.15, -0.1) is 0 Å². The van der Waals surface area contributed by atoms with E-state index >= 15 is 0 Å². The molecule has 6 nitrogen and oxygen atoms in total. The highest BCUT2D eigenvalue weighted by Crippen LogP contribution is 2.19. The van der Waals surface area contributed by atoms with Crippen molar-refractivity contribution in [2.24, 2.45) is 4.99 Å². The molecule has 0 aliphatic carbocycles. The van der Waals surface area contributed by atoms with Crippen molar-refractivity contribution in [1.29, 1.82) is 0 Å². The molecule has 3 N–H and O–H groups in total. The molecule has 0 bridgehead atoms. The summed E-state index contributed by atoms with van der Waals surface area (Å²) in [5.74, 6) is 0.864. The number of amides is 1. The van der Waals surface area contributed by atoms with Crippen LogP contribution in [0.4, 0.5) is 5.69 Å². The van der Waals surface area contributed by atoms with Crippen LogP contribution < -0.4 is 20.9 Å². The second-order valence-corrected chi connectivity index (χ2v) is 6.27. The number of nitrogens with one attached hydrogen (secondary N) is 3. The van der Waals surface area contributed by atoms with Crippen LogP contribution in [0.1, 0.15) is 33.1 Å². The molecule has 1 aromatic rings. The van der Waals surface area contributed by atoms with Gasteiger partial charge < -0.3 is 20.9 Å². The number of rotatable bonds is 8. The van der Waals surface area contributed by atoms with Gasteiger partial charge in [0, 0.05) is 44.3 Å². The molecule has 1 heterocycles. The predicted octanol–water partition coefficient (Wildman–Crippen LogP) is 1.74. The maximum absolute atomic E-state index is 11.7. The lowest BCUT2D eigenvalue weighted by Gasteiger charge is -2.20. The zero-order valence-electron chi connectivity index (χ0n) is 15.4. The van der Waals surface area contributed by atoms with E-state index < -0.39 is 0 Å². The predicted molar refractivity (Wildman–Crippen MR) is 104 cm³/mol. The summed E-state index contributed by atoms with van der Waals surface area (Å²) in [4.78, 5) is 18.6. The Labute approximate surface area is 151 Å². The molecule has 1 amide bonds. The van der Waals surface area contributed by atoms with Crippen LogP contribution in [0.2, 0.25) is 0 Å². The number of hydrogen-bond acceptors (Lipinski definition) is 3. The Morgan fingerprint density at radius 2 is 2.04 bits per heavy atom. The number of anilines is 1. The van der Waals surface area contributed by atoms with E-state index in [1.54, 1.807) is 0 Å². The largest absolute Gasteiger partial charge is 0.369 e. The maximum atomic E-state index is 11.7. The Balaban J connectivity index is 1.80. The summed E-state index contributed by atoms with van der Waals surface area (Å²) < 4.78 is 0. The van der Waals surface area contributed by atoms with E-state index in [-0.39, 0.29) is 5.91 Å². The Morgan fingerprint density at radius 3 is 2.76 bits per heavy atom. The van der Waals surface area contributed by atoms with Gasteiger partial charge in [0.15, 0.2) is 5.96 Å². The minimum atomic E-state index is 0.0672. The first-order valence-electron chi connectivity index (χ1n) is 9.34. The van der Waals surface area contributed by atoms with E-state index in [4.69, 9.17) is 0 Å². The molecule has 1 unspecified atom stereocenters. The van der Waals surface area contributed by atoms with Gasteiger partial charge in [0.25, 0.3) is 0 Å². The highest BCUT2D eigenvalue weighted by molar-refractivity contribution is 5.81. The summed E-state index contributed by atoms with van der Waals surface area (Å²) in [6.07, 6.45) is 2.46. The first-order chi connectivity index (χ1) is 12.2. The van der Waals surface area contributed by atoms with Crippen LogP contribution in [-0.2, 0) is 4.79 Å². The lowest BCUT2D eigenvalue weighted by molar-refractivity contribution is -0.120. The van der Waals surface area contributed by atoms with Crippen molar-refractivity contribution < 1.29 is 4.79 Å². The highest BCUT2D eigenvalue weighted by atomic mass is 16.1. The molecule has 6 heteroatoms. The van der Waals surface area contributed by atoms with Crippen molar-refractivity contribution >= 4 is 17.6 Å². The summed E-state index contributed by atoms with van der Waals surface area (Å²) in [6.45, 7) is 8.15. The molecule has 1 atom stereocenters. The van der Waals surface area contributed by atoms with Crippen LogP contribution in [0.3, 0.4) is 0 Å². The fourth-order valence-electron chi connectivity index (χ4n) is 2.89. The number of guanidine groups is 1. The van der Waals surface area contributed by atoms with Crippen molar-refractivity contribution in [3.8, 4) is 0 Å². The topological polar surface area (TPSA) is 68.8 Å². The van der Waals surface area contributed by atoms with Gasteiger partial charge in [-0.3, -0.25) is 9.79 Å². The molecule has 0 aromatic heterocycles. The molecule has 0 saturated carbocycles. The number of carbonyl (C=O) groups excluding carboxylic acids is 1. The van der Waals surface area contributed by atoms with Crippen molar-refractivity contribution in [2.45, 2.75) is 39.2 Å². The van der Waals surface area contributed by atoms with Crippen LogP contribution in [0, 0.1) is 0 Å². The molecule has 1 aliphatic rings. The van der Waals surface area contributed by atoms with E-state index in [1.807, 2.05) is 13.0 Å². The van der Waals surface area contributed by atoms with Crippen molar-refractivity contribution in [3.05, 3.63) is 30.3 Å². The Hall–Kier alpha value is -2.24. The van der Waals surface area contributed by atoms with Gasteiger partial charge in [0.05, 0.1) is 6.54 Å². The number of aliphatic imine (C=N–C) groups is 1.